The Morgan fingerprint density at radius 3 is 2.93 bits per heavy atom. The lowest BCUT2D eigenvalue weighted by Crippen LogP contribution is -2.26. The number of aryl methyl sites for hydroxylation is 2. The number of carbonyl (C=O) groups excluding carboxylic acids is 1. The zero-order valence-corrected chi connectivity index (χ0v) is 17.9. The van der Waals surface area contributed by atoms with E-state index < -0.39 is 0 Å². The van der Waals surface area contributed by atoms with Gasteiger partial charge < -0.3 is 4.98 Å². The van der Waals surface area contributed by atoms with Crippen LogP contribution in [0.3, 0.4) is 0 Å². The molecule has 1 aliphatic rings. The van der Waals surface area contributed by atoms with Gasteiger partial charge in [-0.25, -0.2) is 4.98 Å². The van der Waals surface area contributed by atoms with Crippen LogP contribution in [0.15, 0.2) is 28.3 Å². The molecular weight excluding hydrogens is 390 g/mol. The van der Waals surface area contributed by atoms with E-state index in [1.54, 1.807) is 23.6 Å². The molecule has 0 saturated heterocycles. The zero-order valence-electron chi connectivity index (χ0n) is 16.3. The Morgan fingerprint density at radius 2 is 2.18 bits per heavy atom. The van der Waals surface area contributed by atoms with Crippen LogP contribution in [0.5, 0.6) is 0 Å². The molecule has 1 N–H and O–H groups in total. The maximum atomic E-state index is 13.5. The van der Waals surface area contributed by atoms with E-state index >= 15 is 0 Å². The second kappa shape index (κ2) is 8.25. The first-order valence-corrected chi connectivity index (χ1v) is 11.8. The van der Waals surface area contributed by atoms with Gasteiger partial charge in [0.2, 0.25) is 0 Å². The Morgan fingerprint density at radius 1 is 1.36 bits per heavy atom. The number of thiophene rings is 1. The number of ketones is 1. The fraction of sp³-hybridized carbons (Fsp3) is 0.476. The van der Waals surface area contributed by atoms with Gasteiger partial charge in [-0.1, -0.05) is 25.1 Å². The summed E-state index contributed by atoms with van der Waals surface area (Å²) in [6.45, 7) is 4.13. The van der Waals surface area contributed by atoms with Crippen LogP contribution in [-0.4, -0.2) is 26.1 Å². The molecule has 0 amide bonds. The molecule has 0 aromatic carbocycles. The van der Waals surface area contributed by atoms with Gasteiger partial charge in [0.15, 0.2) is 10.9 Å². The number of fused-ring (bicyclic) bond motifs is 3. The number of hydrogen-bond acceptors (Lipinski definition) is 5. The van der Waals surface area contributed by atoms with E-state index in [9.17, 15) is 9.59 Å². The number of nitrogens with one attached hydrogen (secondary N) is 1. The van der Waals surface area contributed by atoms with Gasteiger partial charge in [0.1, 0.15) is 4.83 Å². The van der Waals surface area contributed by atoms with Gasteiger partial charge in [-0.3, -0.25) is 14.2 Å². The first kappa shape index (κ1) is 19.5. The molecule has 0 aliphatic heterocycles. The van der Waals surface area contributed by atoms with E-state index in [1.807, 2.05) is 10.6 Å². The van der Waals surface area contributed by atoms with Crippen molar-refractivity contribution in [2.24, 2.45) is 0 Å². The summed E-state index contributed by atoms with van der Waals surface area (Å²) in [6.07, 6.45) is 8.17. The number of nitrogens with zero attached hydrogens (tertiary/aromatic N) is 2. The van der Waals surface area contributed by atoms with E-state index in [4.69, 9.17) is 4.98 Å². The van der Waals surface area contributed by atoms with Crippen LogP contribution in [-0.2, 0) is 12.8 Å². The number of hydrogen-bond donors (Lipinski definition) is 1. The Balaban J connectivity index is 1.76. The largest absolute Gasteiger partial charge is 0.359 e. The molecule has 1 aliphatic carbocycles. The van der Waals surface area contributed by atoms with Crippen LogP contribution in [0.2, 0.25) is 0 Å². The van der Waals surface area contributed by atoms with E-state index in [1.165, 1.54) is 35.0 Å². The van der Waals surface area contributed by atoms with Crippen molar-refractivity contribution in [3.05, 3.63) is 44.8 Å². The number of H-pyrrole nitrogens is 1. The quantitative estimate of drug-likeness (QED) is 0.266. The Hall–Kier alpha value is -1.86. The fourth-order valence-electron chi connectivity index (χ4n) is 3.76. The Bertz CT molecular complexity index is 1050. The number of rotatable bonds is 6. The van der Waals surface area contributed by atoms with Crippen LogP contribution in [0.4, 0.5) is 0 Å². The van der Waals surface area contributed by atoms with Crippen LogP contribution in [0.25, 0.3) is 10.2 Å². The molecule has 148 valence electrons. The highest BCUT2D eigenvalue weighted by Crippen LogP contribution is 2.34. The molecule has 0 bridgehead atoms. The predicted octanol–water partition coefficient (Wildman–Crippen LogP) is 5.00. The highest BCUT2D eigenvalue weighted by Gasteiger charge is 2.23. The minimum atomic E-state index is 0.0157. The molecule has 7 heteroatoms. The van der Waals surface area contributed by atoms with Crippen molar-refractivity contribution in [3.8, 4) is 0 Å². The molecule has 1 unspecified atom stereocenters. The molecule has 28 heavy (non-hydrogen) atoms. The van der Waals surface area contributed by atoms with Crippen molar-refractivity contribution >= 4 is 39.1 Å². The highest BCUT2D eigenvalue weighted by molar-refractivity contribution is 7.99. The molecular formula is C21H25N3O2S2. The van der Waals surface area contributed by atoms with Gasteiger partial charge in [-0.15, -0.1) is 11.3 Å². The lowest BCUT2D eigenvalue weighted by molar-refractivity contribution is 0.101. The lowest BCUT2D eigenvalue weighted by atomic mass is 10.1. The van der Waals surface area contributed by atoms with Gasteiger partial charge in [-0.05, 0) is 56.7 Å². The standard InChI is InChI=1S/C21H25N3O2S2/c1-3-13(2)24-20(26)18-14-8-5-4-6-10-17(14)28-19(18)23-21(24)27-12-16(25)15-9-7-11-22-15/h7,9,11,13,22H,3-6,8,10,12H2,1-2H3. The Kier molecular flexibility index (Phi) is 5.73. The average molecular weight is 416 g/mol. The second-order valence-electron chi connectivity index (χ2n) is 7.37. The minimum absolute atomic E-state index is 0.0157. The van der Waals surface area contributed by atoms with Gasteiger partial charge in [-0.2, -0.15) is 0 Å². The zero-order chi connectivity index (χ0) is 19.7. The first-order valence-electron chi connectivity index (χ1n) is 9.96. The summed E-state index contributed by atoms with van der Waals surface area (Å²) < 4.78 is 1.81. The van der Waals surface area contributed by atoms with Crippen LogP contribution >= 0.6 is 23.1 Å². The summed E-state index contributed by atoms with van der Waals surface area (Å²) >= 11 is 3.04. The minimum Gasteiger partial charge on any atom is -0.359 e. The number of aromatic amines is 1. The average Bonchev–Trinajstić information content (AvgIpc) is 3.29. The molecule has 0 radical (unpaired) electrons. The van der Waals surface area contributed by atoms with E-state index in [0.29, 0.717) is 10.9 Å². The molecule has 0 saturated carbocycles. The third-order valence-corrected chi connectivity index (χ3v) is 7.64. The summed E-state index contributed by atoms with van der Waals surface area (Å²) in [6, 6.07) is 3.64. The molecule has 0 spiro atoms. The van der Waals surface area contributed by atoms with Gasteiger partial charge in [0.25, 0.3) is 5.56 Å². The number of thioether (sulfide) groups is 1. The van der Waals surface area contributed by atoms with Crippen molar-refractivity contribution in [3.63, 3.8) is 0 Å². The smallest absolute Gasteiger partial charge is 0.263 e. The van der Waals surface area contributed by atoms with Gasteiger partial charge in [0.05, 0.1) is 16.8 Å². The summed E-state index contributed by atoms with van der Waals surface area (Å²) in [7, 11) is 0. The number of aromatic nitrogens is 3. The molecule has 3 aromatic rings. The SMILES string of the molecule is CCC(C)n1c(SCC(=O)c2ccc[nH]2)nc2sc3c(c2c1=O)CCCCC3. The van der Waals surface area contributed by atoms with E-state index in [-0.39, 0.29) is 23.1 Å². The third-order valence-electron chi connectivity index (χ3n) is 5.50. The topological polar surface area (TPSA) is 67.8 Å². The number of Topliss-reactive ketones (excluding diaryl/α,β-unsaturated/α-hetero) is 1. The Labute approximate surface area is 172 Å². The maximum Gasteiger partial charge on any atom is 0.263 e. The molecule has 3 aromatic heterocycles. The summed E-state index contributed by atoms with van der Waals surface area (Å²) in [5.74, 6) is 0.280. The summed E-state index contributed by atoms with van der Waals surface area (Å²) in [5.41, 5.74) is 1.88. The van der Waals surface area contributed by atoms with Crippen LogP contribution in [0, 0.1) is 0 Å². The van der Waals surface area contributed by atoms with Crippen molar-refractivity contribution in [2.45, 2.75) is 63.6 Å². The van der Waals surface area contributed by atoms with E-state index in [0.717, 1.165) is 35.9 Å². The van der Waals surface area contributed by atoms with Crippen molar-refractivity contribution in [1.29, 1.82) is 0 Å². The van der Waals surface area contributed by atoms with Gasteiger partial charge in [0, 0.05) is 17.1 Å². The lowest BCUT2D eigenvalue weighted by Gasteiger charge is -2.17. The van der Waals surface area contributed by atoms with Crippen LogP contribution < -0.4 is 5.56 Å². The van der Waals surface area contributed by atoms with Crippen LogP contribution in [0.1, 0.15) is 66.5 Å². The summed E-state index contributed by atoms with van der Waals surface area (Å²) in [4.78, 5) is 35.9. The second-order valence-corrected chi connectivity index (χ2v) is 9.39. The fourth-order valence-corrected chi connectivity index (χ4v) is 6.04. The molecule has 0 fully saturated rings. The van der Waals surface area contributed by atoms with Crippen molar-refractivity contribution < 1.29 is 4.79 Å². The molecule has 5 nitrogen and oxygen atoms in total. The first-order chi connectivity index (χ1) is 13.6. The predicted molar refractivity (Wildman–Crippen MR) is 116 cm³/mol. The third kappa shape index (κ3) is 3.57. The van der Waals surface area contributed by atoms with Crippen molar-refractivity contribution in [1.82, 2.24) is 14.5 Å². The molecule has 1 atom stereocenters. The molecule has 4 rings (SSSR count). The monoisotopic (exact) mass is 415 g/mol. The van der Waals surface area contributed by atoms with E-state index in [2.05, 4.69) is 18.8 Å². The number of carbonyl (C=O) groups is 1. The maximum absolute atomic E-state index is 13.5. The molecule has 3 heterocycles. The van der Waals surface area contributed by atoms with Gasteiger partial charge >= 0.3 is 0 Å². The summed E-state index contributed by atoms with van der Waals surface area (Å²) in [5, 5.41) is 1.48. The normalized spacial score (nSPS) is 15.4. The van der Waals surface area contributed by atoms with Crippen molar-refractivity contribution in [2.75, 3.05) is 5.75 Å². The highest BCUT2D eigenvalue weighted by atomic mass is 32.2.